The Hall–Kier alpha value is -3.97. The van der Waals surface area contributed by atoms with Gasteiger partial charge in [0, 0.05) is 36.9 Å². The van der Waals surface area contributed by atoms with Crippen LogP contribution in [0.4, 0.5) is 0 Å². The summed E-state index contributed by atoms with van der Waals surface area (Å²) in [4.78, 5) is 30.4. The van der Waals surface area contributed by atoms with E-state index in [9.17, 15) is 4.79 Å². The van der Waals surface area contributed by atoms with Crippen molar-refractivity contribution in [3.63, 3.8) is 0 Å². The predicted octanol–water partition coefficient (Wildman–Crippen LogP) is 4.61. The number of pyridine rings is 2. The third-order valence-electron chi connectivity index (χ3n) is 6.54. The average Bonchev–Trinajstić information content (AvgIpc) is 3.29. The molecule has 7 nitrogen and oxygen atoms in total. The first kappa shape index (κ1) is 20.6. The summed E-state index contributed by atoms with van der Waals surface area (Å²) in [6, 6.07) is 17.7. The summed E-state index contributed by atoms with van der Waals surface area (Å²) in [6.45, 7) is 2.09. The Morgan fingerprint density at radius 2 is 1.85 bits per heavy atom. The minimum atomic E-state index is -0.191. The van der Waals surface area contributed by atoms with E-state index in [0.717, 1.165) is 64.7 Å². The van der Waals surface area contributed by atoms with Crippen molar-refractivity contribution in [2.45, 2.75) is 18.9 Å². The normalized spacial score (nSPS) is 15.2. The molecule has 0 spiro atoms. The van der Waals surface area contributed by atoms with Crippen LogP contribution in [-0.2, 0) is 0 Å². The van der Waals surface area contributed by atoms with Gasteiger partial charge in [-0.3, -0.25) is 9.78 Å². The lowest BCUT2D eigenvalue weighted by Gasteiger charge is -2.29. The Labute approximate surface area is 196 Å². The van der Waals surface area contributed by atoms with Crippen molar-refractivity contribution in [1.82, 2.24) is 24.8 Å². The number of hydrogen-bond donors (Lipinski definition) is 2. The van der Waals surface area contributed by atoms with Crippen LogP contribution in [0.1, 0.15) is 12.8 Å². The number of hydrogen-bond acceptors (Lipinski definition) is 5. The van der Waals surface area contributed by atoms with Crippen LogP contribution in [0.2, 0.25) is 0 Å². The third kappa shape index (κ3) is 3.84. The molecule has 0 radical (unpaired) electrons. The highest BCUT2D eigenvalue weighted by Crippen LogP contribution is 2.29. The third-order valence-corrected chi connectivity index (χ3v) is 6.54. The van der Waals surface area contributed by atoms with Gasteiger partial charge in [-0.25, -0.2) is 4.98 Å². The zero-order valence-electron chi connectivity index (χ0n) is 18.9. The van der Waals surface area contributed by atoms with Crippen molar-refractivity contribution >= 4 is 21.9 Å². The second-order valence-corrected chi connectivity index (χ2v) is 8.89. The van der Waals surface area contributed by atoms with Gasteiger partial charge in [0.15, 0.2) is 0 Å². The van der Waals surface area contributed by atoms with E-state index in [1.807, 2.05) is 54.6 Å². The monoisotopic (exact) mass is 451 g/mol. The largest absolute Gasteiger partial charge is 0.490 e. The number of fused-ring (bicyclic) bond motifs is 2. The van der Waals surface area contributed by atoms with Gasteiger partial charge in [0.2, 0.25) is 0 Å². The fourth-order valence-corrected chi connectivity index (χ4v) is 4.64. The fraction of sp³-hybridized carbons (Fsp3) is 0.222. The van der Waals surface area contributed by atoms with Crippen LogP contribution in [0, 0.1) is 0 Å². The van der Waals surface area contributed by atoms with Crippen molar-refractivity contribution < 1.29 is 4.74 Å². The van der Waals surface area contributed by atoms with E-state index < -0.39 is 0 Å². The molecule has 1 saturated heterocycles. The molecule has 0 bridgehead atoms. The Morgan fingerprint density at radius 1 is 1.00 bits per heavy atom. The Bertz CT molecular complexity index is 1540. The number of ether oxygens (including phenoxy) is 1. The molecule has 4 heterocycles. The maximum Gasteiger partial charge on any atom is 0.259 e. The Balaban J connectivity index is 1.35. The van der Waals surface area contributed by atoms with Gasteiger partial charge in [-0.15, -0.1) is 0 Å². The number of nitrogens with one attached hydrogen (secondary N) is 2. The first-order valence-corrected chi connectivity index (χ1v) is 11.6. The van der Waals surface area contributed by atoms with E-state index in [1.165, 1.54) is 0 Å². The molecule has 1 fully saturated rings. The predicted molar refractivity (Wildman–Crippen MR) is 134 cm³/mol. The van der Waals surface area contributed by atoms with Gasteiger partial charge < -0.3 is 19.6 Å². The molecule has 0 atom stereocenters. The highest BCUT2D eigenvalue weighted by molar-refractivity contribution is 5.94. The summed E-state index contributed by atoms with van der Waals surface area (Å²) in [5.74, 6) is 1.35. The van der Waals surface area contributed by atoms with Crippen molar-refractivity contribution in [3.05, 3.63) is 77.3 Å². The lowest BCUT2D eigenvalue weighted by molar-refractivity contribution is 0.114. The summed E-state index contributed by atoms with van der Waals surface area (Å²) in [6.07, 6.45) is 5.79. The quantitative estimate of drug-likeness (QED) is 0.417. The molecule has 3 aromatic heterocycles. The highest BCUT2D eigenvalue weighted by Gasteiger charge is 2.19. The molecule has 0 amide bonds. The number of aromatic nitrogens is 4. The Kier molecular flexibility index (Phi) is 5.11. The SMILES string of the molecule is CN1CCC(Oc2ccc3[nH]c(-c4cc(-c5ccnc6ccccc56)c[nH]c4=O)nc3c2)CC1. The molecular weight excluding hydrogens is 426 g/mol. The summed E-state index contributed by atoms with van der Waals surface area (Å²) < 4.78 is 6.21. The van der Waals surface area contributed by atoms with E-state index in [0.29, 0.717) is 11.4 Å². The molecule has 7 heteroatoms. The number of para-hydroxylation sites is 1. The van der Waals surface area contributed by atoms with Gasteiger partial charge in [0.25, 0.3) is 5.56 Å². The molecule has 5 aromatic rings. The highest BCUT2D eigenvalue weighted by atomic mass is 16.5. The van der Waals surface area contributed by atoms with Crippen LogP contribution < -0.4 is 10.3 Å². The van der Waals surface area contributed by atoms with E-state index in [2.05, 4.69) is 26.9 Å². The summed E-state index contributed by atoms with van der Waals surface area (Å²) in [7, 11) is 2.14. The van der Waals surface area contributed by atoms with Crippen LogP contribution in [0.5, 0.6) is 5.75 Å². The molecule has 1 aliphatic heterocycles. The van der Waals surface area contributed by atoms with Crippen molar-refractivity contribution in [2.75, 3.05) is 20.1 Å². The lowest BCUT2D eigenvalue weighted by atomic mass is 10.0. The van der Waals surface area contributed by atoms with E-state index >= 15 is 0 Å². The number of benzene rings is 2. The zero-order chi connectivity index (χ0) is 23.1. The number of H-pyrrole nitrogens is 2. The number of imidazole rings is 1. The van der Waals surface area contributed by atoms with Gasteiger partial charge in [-0.05, 0) is 61.3 Å². The number of likely N-dealkylation sites (tertiary alicyclic amines) is 1. The van der Waals surface area contributed by atoms with Crippen LogP contribution in [-0.4, -0.2) is 51.1 Å². The Morgan fingerprint density at radius 3 is 2.74 bits per heavy atom. The molecule has 170 valence electrons. The molecule has 34 heavy (non-hydrogen) atoms. The summed E-state index contributed by atoms with van der Waals surface area (Å²) in [5, 5.41) is 1.03. The second kappa shape index (κ2) is 8.43. The molecular formula is C27H25N5O2. The van der Waals surface area contributed by atoms with E-state index in [4.69, 9.17) is 9.72 Å². The van der Waals surface area contributed by atoms with Gasteiger partial charge in [0.05, 0.1) is 22.1 Å². The van der Waals surface area contributed by atoms with Crippen LogP contribution in [0.3, 0.4) is 0 Å². The van der Waals surface area contributed by atoms with E-state index in [1.54, 1.807) is 12.4 Å². The van der Waals surface area contributed by atoms with E-state index in [-0.39, 0.29) is 11.7 Å². The molecule has 0 aliphatic carbocycles. The van der Waals surface area contributed by atoms with Gasteiger partial charge >= 0.3 is 0 Å². The average molecular weight is 452 g/mol. The molecule has 2 aromatic carbocycles. The molecule has 0 unspecified atom stereocenters. The van der Waals surface area contributed by atoms with Crippen LogP contribution >= 0.6 is 0 Å². The number of rotatable bonds is 4. The number of aromatic amines is 2. The van der Waals surface area contributed by atoms with Crippen molar-refractivity contribution in [2.24, 2.45) is 0 Å². The van der Waals surface area contributed by atoms with Gasteiger partial charge in [0.1, 0.15) is 17.7 Å². The first-order chi connectivity index (χ1) is 16.6. The maximum absolute atomic E-state index is 12.7. The molecule has 2 N–H and O–H groups in total. The number of piperidine rings is 1. The van der Waals surface area contributed by atoms with Gasteiger partial charge in [-0.1, -0.05) is 18.2 Å². The zero-order valence-corrected chi connectivity index (χ0v) is 18.9. The minimum Gasteiger partial charge on any atom is -0.490 e. The molecule has 6 rings (SSSR count). The standard InChI is InChI=1S/C27H25N5O2/c1-32-12-9-18(10-13-32)34-19-6-7-24-25(15-19)31-26(30-24)22-14-17(16-29-27(22)33)20-8-11-28-23-5-3-2-4-21(20)23/h2-8,11,14-16,18H,9-10,12-13H2,1H3,(H,29,33)(H,30,31). The van der Waals surface area contributed by atoms with Crippen molar-refractivity contribution in [3.8, 4) is 28.3 Å². The first-order valence-electron chi connectivity index (χ1n) is 11.6. The van der Waals surface area contributed by atoms with Crippen molar-refractivity contribution in [1.29, 1.82) is 0 Å². The maximum atomic E-state index is 12.7. The smallest absolute Gasteiger partial charge is 0.259 e. The lowest BCUT2D eigenvalue weighted by Crippen LogP contribution is -2.35. The molecule has 0 saturated carbocycles. The fourth-order valence-electron chi connectivity index (χ4n) is 4.64. The summed E-state index contributed by atoms with van der Waals surface area (Å²) >= 11 is 0. The van der Waals surface area contributed by atoms with Gasteiger partial charge in [-0.2, -0.15) is 0 Å². The van der Waals surface area contributed by atoms with Crippen LogP contribution in [0.15, 0.2) is 71.8 Å². The number of nitrogens with zero attached hydrogens (tertiary/aromatic N) is 3. The van der Waals surface area contributed by atoms with Crippen LogP contribution in [0.25, 0.3) is 44.5 Å². The topological polar surface area (TPSA) is 86.9 Å². The minimum absolute atomic E-state index is 0.191. The second-order valence-electron chi connectivity index (χ2n) is 8.89. The summed E-state index contributed by atoms with van der Waals surface area (Å²) in [5.41, 5.74) is 4.77. The molecule has 1 aliphatic rings.